The van der Waals surface area contributed by atoms with Gasteiger partial charge in [-0.2, -0.15) is 0 Å². The molecule has 0 spiro atoms. The highest BCUT2D eigenvalue weighted by Gasteiger charge is 2.32. The zero-order valence-corrected chi connectivity index (χ0v) is 23.7. The molecule has 0 rings (SSSR count). The molecular formula is C26H56IP. The third kappa shape index (κ3) is 16.9. The lowest BCUT2D eigenvalue weighted by Gasteiger charge is -2.39. The van der Waals surface area contributed by atoms with Crippen molar-refractivity contribution in [2.45, 2.75) is 161 Å². The van der Waals surface area contributed by atoms with Crippen LogP contribution in [0.1, 0.15) is 156 Å². The second kappa shape index (κ2) is 22.8. The summed E-state index contributed by atoms with van der Waals surface area (Å²) in [7, 11) is 3.43. The Morgan fingerprint density at radius 2 is 0.893 bits per heavy atom. The van der Waals surface area contributed by atoms with Gasteiger partial charge in [0.15, 0.2) is 0 Å². The van der Waals surface area contributed by atoms with Crippen LogP contribution in [-0.4, -0.2) is 5.16 Å². The van der Waals surface area contributed by atoms with E-state index in [0.29, 0.717) is 5.16 Å². The highest BCUT2D eigenvalue weighted by Crippen LogP contribution is 2.43. The Kier molecular flexibility index (Phi) is 25.6. The summed E-state index contributed by atoms with van der Waals surface area (Å²) >= 11 is 0. The van der Waals surface area contributed by atoms with Gasteiger partial charge in [0.2, 0.25) is 0 Å². The Labute approximate surface area is 199 Å². The molecule has 0 aliphatic carbocycles. The van der Waals surface area contributed by atoms with E-state index in [1.807, 2.05) is 0 Å². The second-order valence-corrected chi connectivity index (χ2v) is 10.4. The van der Waals surface area contributed by atoms with Crippen LogP contribution in [0.3, 0.4) is 0 Å². The first-order valence-electron chi connectivity index (χ1n) is 12.9. The lowest BCUT2D eigenvalue weighted by Crippen LogP contribution is -2.32. The van der Waals surface area contributed by atoms with E-state index in [9.17, 15) is 0 Å². The minimum atomic E-state index is 0. The molecule has 2 unspecified atom stereocenters. The first-order chi connectivity index (χ1) is 13.1. The first kappa shape index (κ1) is 31.3. The molecule has 0 aromatic rings. The minimum Gasteiger partial charge on any atom is -0.131 e. The van der Waals surface area contributed by atoms with E-state index in [2.05, 4.69) is 36.9 Å². The largest absolute Gasteiger partial charge is 0.131 e. The highest BCUT2D eigenvalue weighted by molar-refractivity contribution is 14.0. The molecule has 0 aromatic heterocycles. The fourth-order valence-corrected chi connectivity index (χ4v) is 5.45. The first-order valence-corrected chi connectivity index (χ1v) is 13.5. The van der Waals surface area contributed by atoms with Gasteiger partial charge >= 0.3 is 0 Å². The van der Waals surface area contributed by atoms with E-state index >= 15 is 0 Å². The van der Waals surface area contributed by atoms with Crippen LogP contribution < -0.4 is 0 Å². The number of rotatable bonds is 21. The quantitative estimate of drug-likeness (QED) is 0.0793. The summed E-state index contributed by atoms with van der Waals surface area (Å²) in [5, 5.41) is 0.527. The molecule has 2 atom stereocenters. The molecule has 0 saturated heterocycles. The molecule has 0 fully saturated rings. The molecule has 172 valence electrons. The predicted octanol–water partition coefficient (Wildman–Crippen LogP) is 10.7. The Balaban J connectivity index is 0. The predicted molar refractivity (Wildman–Crippen MR) is 146 cm³/mol. The Bertz CT molecular complexity index is 278. The van der Waals surface area contributed by atoms with Gasteiger partial charge in [-0.15, -0.1) is 33.2 Å². The summed E-state index contributed by atoms with van der Waals surface area (Å²) in [4.78, 5) is 0. The fourth-order valence-electron chi connectivity index (χ4n) is 4.71. The number of hydrogen-bond acceptors (Lipinski definition) is 0. The summed E-state index contributed by atoms with van der Waals surface area (Å²) in [6.07, 6.45) is 28.6. The molecule has 0 heterocycles. The summed E-state index contributed by atoms with van der Waals surface area (Å²) in [6.45, 7) is 9.38. The van der Waals surface area contributed by atoms with Crippen molar-refractivity contribution in [1.29, 1.82) is 0 Å². The van der Waals surface area contributed by atoms with Crippen LogP contribution in [0.15, 0.2) is 0 Å². The lowest BCUT2D eigenvalue weighted by atomic mass is 9.77. The number of unbranched alkanes of at least 4 members (excludes halogenated alkanes) is 12. The third-order valence-corrected chi connectivity index (χ3v) is 7.65. The molecule has 0 aliphatic rings. The Hall–Kier alpha value is 1.16. The van der Waals surface area contributed by atoms with Gasteiger partial charge < -0.3 is 0 Å². The van der Waals surface area contributed by atoms with Gasteiger partial charge in [0.1, 0.15) is 0 Å². The topological polar surface area (TPSA) is 0 Å². The fraction of sp³-hybridized carbons (Fsp3) is 1.00. The van der Waals surface area contributed by atoms with Crippen molar-refractivity contribution in [1.82, 2.24) is 0 Å². The van der Waals surface area contributed by atoms with Crippen LogP contribution in [0.5, 0.6) is 0 Å². The van der Waals surface area contributed by atoms with E-state index < -0.39 is 0 Å². The average Bonchev–Trinajstić information content (AvgIpc) is 2.66. The van der Waals surface area contributed by atoms with Crippen molar-refractivity contribution in [3.05, 3.63) is 0 Å². The van der Waals surface area contributed by atoms with E-state index in [1.54, 1.807) is 0 Å². The van der Waals surface area contributed by atoms with E-state index in [-0.39, 0.29) is 24.0 Å². The minimum absolute atomic E-state index is 0. The smallest absolute Gasteiger partial charge is 0.0122 e. The van der Waals surface area contributed by atoms with Crippen LogP contribution >= 0.6 is 33.2 Å². The Morgan fingerprint density at radius 1 is 0.500 bits per heavy atom. The van der Waals surface area contributed by atoms with Crippen molar-refractivity contribution in [2.24, 2.45) is 5.92 Å². The van der Waals surface area contributed by atoms with Gasteiger partial charge in [0.05, 0.1) is 0 Å². The van der Waals surface area contributed by atoms with Crippen molar-refractivity contribution < 1.29 is 0 Å². The maximum atomic E-state index is 3.43. The summed E-state index contributed by atoms with van der Waals surface area (Å²) in [5.74, 6) is 0.937. The zero-order chi connectivity index (χ0) is 20.2. The molecule has 0 aromatic carbocycles. The van der Waals surface area contributed by atoms with Gasteiger partial charge in [-0.3, -0.25) is 0 Å². The summed E-state index contributed by atoms with van der Waals surface area (Å²) in [6, 6.07) is 0. The summed E-state index contributed by atoms with van der Waals surface area (Å²) < 4.78 is 0. The summed E-state index contributed by atoms with van der Waals surface area (Å²) in [5.41, 5.74) is 0. The van der Waals surface area contributed by atoms with E-state index in [0.717, 1.165) is 5.92 Å². The molecule has 0 amide bonds. The van der Waals surface area contributed by atoms with Crippen LogP contribution in [0, 0.1) is 5.92 Å². The van der Waals surface area contributed by atoms with Crippen molar-refractivity contribution >= 4 is 33.2 Å². The molecule has 28 heavy (non-hydrogen) atoms. The lowest BCUT2D eigenvalue weighted by molar-refractivity contribution is 0.274. The SMILES string of the molecule is CCCCCCCC(CCC)C(P)(CCCCCCC)CCCCCCC.I. The molecule has 0 aliphatic heterocycles. The molecule has 0 nitrogen and oxygen atoms in total. The van der Waals surface area contributed by atoms with E-state index in [4.69, 9.17) is 0 Å². The molecule has 2 heteroatoms. The van der Waals surface area contributed by atoms with Crippen LogP contribution in [0.2, 0.25) is 0 Å². The van der Waals surface area contributed by atoms with Crippen LogP contribution in [-0.2, 0) is 0 Å². The number of hydrogen-bond donors (Lipinski definition) is 0. The highest BCUT2D eigenvalue weighted by atomic mass is 127. The molecule has 0 radical (unpaired) electrons. The van der Waals surface area contributed by atoms with Gasteiger partial charge in [-0.25, -0.2) is 0 Å². The van der Waals surface area contributed by atoms with Crippen molar-refractivity contribution in [2.75, 3.05) is 0 Å². The van der Waals surface area contributed by atoms with Gasteiger partial charge in [0.25, 0.3) is 0 Å². The van der Waals surface area contributed by atoms with Crippen molar-refractivity contribution in [3.8, 4) is 0 Å². The Morgan fingerprint density at radius 3 is 1.29 bits per heavy atom. The maximum Gasteiger partial charge on any atom is -0.0122 e. The molecule has 0 bridgehead atoms. The van der Waals surface area contributed by atoms with Crippen molar-refractivity contribution in [3.63, 3.8) is 0 Å². The van der Waals surface area contributed by atoms with Gasteiger partial charge in [-0.05, 0) is 36.8 Å². The monoisotopic (exact) mass is 526 g/mol. The standard InChI is InChI=1S/C26H55P.HI/c1-5-9-12-15-18-22-25(21-8-4)26(27,23-19-16-13-10-6-2)24-20-17-14-11-7-3;/h25H,5-24,27H2,1-4H3;1H. The zero-order valence-electron chi connectivity index (χ0n) is 20.2. The molecule has 0 saturated carbocycles. The average molecular weight is 527 g/mol. The van der Waals surface area contributed by atoms with E-state index in [1.165, 1.54) is 128 Å². The number of halogens is 1. The van der Waals surface area contributed by atoms with Gasteiger partial charge in [0, 0.05) is 0 Å². The van der Waals surface area contributed by atoms with Gasteiger partial charge in [-0.1, -0.05) is 130 Å². The normalized spacial score (nSPS) is 12.8. The molecule has 0 N–H and O–H groups in total. The van der Waals surface area contributed by atoms with Crippen LogP contribution in [0.4, 0.5) is 0 Å². The van der Waals surface area contributed by atoms with Crippen LogP contribution in [0.25, 0.3) is 0 Å². The maximum absolute atomic E-state index is 3.43. The third-order valence-electron chi connectivity index (χ3n) is 6.60. The molecular weight excluding hydrogens is 470 g/mol. The second-order valence-electron chi connectivity index (χ2n) is 9.25.